The Hall–Kier alpha value is -1.72. The van der Waals surface area contributed by atoms with Crippen LogP contribution in [-0.4, -0.2) is 34.4 Å². The SMILES string of the molecule is CC1OCCC1CNCc1cn[nH]c1-c1cccnc1. The van der Waals surface area contributed by atoms with Gasteiger partial charge < -0.3 is 10.1 Å². The highest BCUT2D eigenvalue weighted by molar-refractivity contribution is 5.61. The first-order valence-electron chi connectivity index (χ1n) is 7.09. The molecule has 2 atom stereocenters. The molecule has 106 valence electrons. The summed E-state index contributed by atoms with van der Waals surface area (Å²) in [5, 5.41) is 10.7. The molecule has 0 aliphatic carbocycles. The van der Waals surface area contributed by atoms with Crippen molar-refractivity contribution in [2.45, 2.75) is 26.0 Å². The molecule has 2 aromatic rings. The van der Waals surface area contributed by atoms with Crippen LogP contribution in [0.1, 0.15) is 18.9 Å². The second-order valence-corrected chi connectivity index (χ2v) is 5.27. The quantitative estimate of drug-likeness (QED) is 0.873. The summed E-state index contributed by atoms with van der Waals surface area (Å²) in [7, 11) is 0. The number of ether oxygens (including phenoxy) is 1. The molecule has 0 saturated carbocycles. The second kappa shape index (κ2) is 6.15. The number of aromatic amines is 1. The maximum absolute atomic E-state index is 5.58. The van der Waals surface area contributed by atoms with Gasteiger partial charge in [0.25, 0.3) is 0 Å². The van der Waals surface area contributed by atoms with Crippen LogP contribution in [0.5, 0.6) is 0 Å². The van der Waals surface area contributed by atoms with Gasteiger partial charge in [-0.05, 0) is 31.4 Å². The van der Waals surface area contributed by atoms with E-state index < -0.39 is 0 Å². The molecule has 0 amide bonds. The largest absolute Gasteiger partial charge is 0.378 e. The molecule has 1 aliphatic heterocycles. The molecule has 0 spiro atoms. The van der Waals surface area contributed by atoms with Crippen molar-refractivity contribution in [3.63, 3.8) is 0 Å². The van der Waals surface area contributed by atoms with E-state index in [2.05, 4.69) is 27.4 Å². The van der Waals surface area contributed by atoms with Crippen LogP contribution in [0.3, 0.4) is 0 Å². The first-order chi connectivity index (χ1) is 9.84. The van der Waals surface area contributed by atoms with Crippen LogP contribution in [0, 0.1) is 5.92 Å². The van der Waals surface area contributed by atoms with E-state index in [-0.39, 0.29) is 0 Å². The highest BCUT2D eigenvalue weighted by atomic mass is 16.5. The lowest BCUT2D eigenvalue weighted by molar-refractivity contribution is 0.105. The van der Waals surface area contributed by atoms with Gasteiger partial charge in [-0.25, -0.2) is 0 Å². The van der Waals surface area contributed by atoms with Crippen molar-refractivity contribution in [2.75, 3.05) is 13.2 Å². The number of nitrogens with zero attached hydrogens (tertiary/aromatic N) is 2. The summed E-state index contributed by atoms with van der Waals surface area (Å²) in [5.74, 6) is 0.615. The number of pyridine rings is 1. The number of hydrogen-bond acceptors (Lipinski definition) is 4. The molecule has 0 bridgehead atoms. The van der Waals surface area contributed by atoms with Gasteiger partial charge in [0.1, 0.15) is 0 Å². The lowest BCUT2D eigenvalue weighted by Gasteiger charge is -2.14. The van der Waals surface area contributed by atoms with E-state index in [1.54, 1.807) is 6.20 Å². The summed E-state index contributed by atoms with van der Waals surface area (Å²) in [5.41, 5.74) is 3.28. The van der Waals surface area contributed by atoms with E-state index in [1.807, 2.05) is 24.5 Å². The van der Waals surface area contributed by atoms with Crippen LogP contribution in [0.25, 0.3) is 11.3 Å². The van der Waals surface area contributed by atoms with E-state index >= 15 is 0 Å². The average Bonchev–Trinajstić information content (AvgIpc) is 3.10. The van der Waals surface area contributed by atoms with Gasteiger partial charge in [-0.1, -0.05) is 0 Å². The van der Waals surface area contributed by atoms with Gasteiger partial charge in [0, 0.05) is 43.2 Å². The monoisotopic (exact) mass is 272 g/mol. The first kappa shape index (κ1) is 13.3. The normalized spacial score (nSPS) is 22.2. The first-order valence-corrected chi connectivity index (χ1v) is 7.09. The number of hydrogen-bond donors (Lipinski definition) is 2. The summed E-state index contributed by atoms with van der Waals surface area (Å²) in [6, 6.07) is 3.97. The summed E-state index contributed by atoms with van der Waals surface area (Å²) in [6.45, 7) is 4.83. The van der Waals surface area contributed by atoms with Crippen LogP contribution < -0.4 is 5.32 Å². The van der Waals surface area contributed by atoms with Gasteiger partial charge in [-0.3, -0.25) is 10.1 Å². The van der Waals surface area contributed by atoms with Gasteiger partial charge in [-0.15, -0.1) is 0 Å². The summed E-state index contributed by atoms with van der Waals surface area (Å²) < 4.78 is 5.58. The van der Waals surface area contributed by atoms with Crippen molar-refractivity contribution in [3.8, 4) is 11.3 Å². The zero-order chi connectivity index (χ0) is 13.8. The molecule has 1 aliphatic rings. The van der Waals surface area contributed by atoms with Crippen molar-refractivity contribution in [2.24, 2.45) is 5.92 Å². The number of nitrogens with one attached hydrogen (secondary N) is 2. The fourth-order valence-corrected chi connectivity index (χ4v) is 2.64. The summed E-state index contributed by atoms with van der Waals surface area (Å²) in [6.07, 6.45) is 7.02. The van der Waals surface area contributed by atoms with Crippen LogP contribution in [0.15, 0.2) is 30.7 Å². The molecule has 2 unspecified atom stereocenters. The van der Waals surface area contributed by atoms with Crippen LogP contribution in [-0.2, 0) is 11.3 Å². The molecule has 1 fully saturated rings. The van der Waals surface area contributed by atoms with Crippen molar-refractivity contribution in [1.29, 1.82) is 0 Å². The Kier molecular flexibility index (Phi) is 4.08. The van der Waals surface area contributed by atoms with E-state index in [4.69, 9.17) is 4.74 Å². The Bertz CT molecular complexity index is 540. The molecule has 3 heterocycles. The van der Waals surface area contributed by atoms with Gasteiger partial charge in [0.05, 0.1) is 18.0 Å². The maximum Gasteiger partial charge on any atom is 0.0710 e. The van der Waals surface area contributed by atoms with Gasteiger partial charge in [-0.2, -0.15) is 5.10 Å². The topological polar surface area (TPSA) is 62.8 Å². The minimum absolute atomic E-state index is 0.365. The molecule has 1 saturated heterocycles. The van der Waals surface area contributed by atoms with Crippen LogP contribution in [0.2, 0.25) is 0 Å². The lowest BCUT2D eigenvalue weighted by Crippen LogP contribution is -2.26. The molecular weight excluding hydrogens is 252 g/mol. The predicted molar refractivity (Wildman–Crippen MR) is 77.0 cm³/mol. The molecule has 0 aromatic carbocycles. The number of aromatic nitrogens is 3. The second-order valence-electron chi connectivity index (χ2n) is 5.27. The van der Waals surface area contributed by atoms with Gasteiger partial charge in [0.2, 0.25) is 0 Å². The minimum Gasteiger partial charge on any atom is -0.378 e. The molecule has 3 rings (SSSR count). The Morgan fingerprint density at radius 2 is 2.40 bits per heavy atom. The molecule has 0 radical (unpaired) electrons. The van der Waals surface area contributed by atoms with Crippen LogP contribution in [0.4, 0.5) is 0 Å². The third-order valence-electron chi connectivity index (χ3n) is 3.92. The standard InChI is InChI=1S/C15H20N4O/c1-11-12(4-6-20-11)7-17-9-14-10-18-19-15(14)13-3-2-5-16-8-13/h2-3,5,8,10-12,17H,4,6-7,9H2,1H3,(H,18,19). The van der Waals surface area contributed by atoms with E-state index in [9.17, 15) is 0 Å². The third kappa shape index (κ3) is 2.89. The zero-order valence-electron chi connectivity index (χ0n) is 11.7. The lowest BCUT2D eigenvalue weighted by atomic mass is 10.0. The molecular formula is C15H20N4O. The number of H-pyrrole nitrogens is 1. The maximum atomic E-state index is 5.58. The highest BCUT2D eigenvalue weighted by Crippen LogP contribution is 2.21. The summed E-state index contributed by atoms with van der Waals surface area (Å²) in [4.78, 5) is 4.15. The Balaban J connectivity index is 1.60. The molecule has 5 nitrogen and oxygen atoms in total. The van der Waals surface area contributed by atoms with Crippen molar-refractivity contribution in [1.82, 2.24) is 20.5 Å². The third-order valence-corrected chi connectivity index (χ3v) is 3.92. The van der Waals surface area contributed by atoms with Crippen molar-refractivity contribution < 1.29 is 4.74 Å². The molecule has 2 N–H and O–H groups in total. The van der Waals surface area contributed by atoms with Gasteiger partial charge in [0.15, 0.2) is 0 Å². The predicted octanol–water partition coefficient (Wildman–Crippen LogP) is 1.99. The van der Waals surface area contributed by atoms with Gasteiger partial charge >= 0.3 is 0 Å². The van der Waals surface area contributed by atoms with Crippen LogP contribution >= 0.6 is 0 Å². The smallest absolute Gasteiger partial charge is 0.0710 e. The zero-order valence-corrected chi connectivity index (χ0v) is 11.7. The van der Waals surface area contributed by atoms with E-state index in [0.717, 1.165) is 37.4 Å². The Morgan fingerprint density at radius 1 is 1.45 bits per heavy atom. The van der Waals surface area contributed by atoms with E-state index in [0.29, 0.717) is 12.0 Å². The molecule has 5 heteroatoms. The average molecular weight is 272 g/mol. The van der Waals surface area contributed by atoms with Crippen molar-refractivity contribution in [3.05, 3.63) is 36.3 Å². The van der Waals surface area contributed by atoms with E-state index in [1.165, 1.54) is 5.56 Å². The highest BCUT2D eigenvalue weighted by Gasteiger charge is 2.23. The summed E-state index contributed by atoms with van der Waals surface area (Å²) >= 11 is 0. The van der Waals surface area contributed by atoms with Crippen molar-refractivity contribution >= 4 is 0 Å². The molecule has 2 aromatic heterocycles. The molecule has 20 heavy (non-hydrogen) atoms. The minimum atomic E-state index is 0.365. The Morgan fingerprint density at radius 3 is 3.15 bits per heavy atom. The number of rotatable bonds is 5. The Labute approximate surface area is 118 Å². The fraction of sp³-hybridized carbons (Fsp3) is 0.467. The fourth-order valence-electron chi connectivity index (χ4n) is 2.64.